The van der Waals surface area contributed by atoms with E-state index in [-0.39, 0.29) is 29.7 Å². The fourth-order valence-corrected chi connectivity index (χ4v) is 5.35. The maximum Gasteiger partial charge on any atom is 0.337 e. The number of aryl methyl sites for hydroxylation is 1. The van der Waals surface area contributed by atoms with Gasteiger partial charge in [0, 0.05) is 17.4 Å². The highest BCUT2D eigenvalue weighted by atomic mass is 16.5. The first kappa shape index (κ1) is 17.7. The van der Waals surface area contributed by atoms with Gasteiger partial charge in [-0.3, -0.25) is 0 Å². The molecule has 0 radical (unpaired) electrons. The van der Waals surface area contributed by atoms with E-state index in [0.29, 0.717) is 11.5 Å². The van der Waals surface area contributed by atoms with Crippen molar-refractivity contribution < 1.29 is 19.0 Å². The summed E-state index contributed by atoms with van der Waals surface area (Å²) in [6, 6.07) is 14.3. The summed E-state index contributed by atoms with van der Waals surface area (Å²) in [6.45, 7) is 4.31. The molecule has 2 heterocycles. The van der Waals surface area contributed by atoms with Crippen LogP contribution in [-0.2, 0) is 15.9 Å². The molecule has 2 aliphatic heterocycles. The van der Waals surface area contributed by atoms with Gasteiger partial charge >= 0.3 is 5.97 Å². The lowest BCUT2D eigenvalue weighted by molar-refractivity contribution is -0.161. The van der Waals surface area contributed by atoms with Crippen molar-refractivity contribution in [3.8, 4) is 5.75 Å². The molecule has 2 aromatic carbocycles. The Morgan fingerprint density at radius 2 is 1.96 bits per heavy atom. The van der Waals surface area contributed by atoms with E-state index in [1.807, 2.05) is 12.1 Å². The second kappa shape index (κ2) is 6.35. The number of carbonyl (C=O) groups is 1. The van der Waals surface area contributed by atoms with Crippen LogP contribution in [-0.4, -0.2) is 24.8 Å². The number of esters is 1. The largest absolute Gasteiger partial charge is 0.487 e. The maximum atomic E-state index is 12.0. The Labute approximate surface area is 165 Å². The van der Waals surface area contributed by atoms with Gasteiger partial charge in [-0.15, -0.1) is 0 Å². The van der Waals surface area contributed by atoms with Crippen molar-refractivity contribution >= 4 is 5.97 Å². The zero-order chi connectivity index (χ0) is 19.5. The minimum absolute atomic E-state index is 0.0603. The number of methoxy groups -OCH3 is 1. The Balaban J connectivity index is 1.55. The fraction of sp³-hybridized carbons (Fsp3) is 0.458. The summed E-state index contributed by atoms with van der Waals surface area (Å²) in [6.07, 6.45) is 3.28. The summed E-state index contributed by atoms with van der Waals surface area (Å²) in [5.74, 6) is 1.11. The Hall–Kier alpha value is -2.33. The second-order valence-electron chi connectivity index (χ2n) is 8.73. The lowest BCUT2D eigenvalue weighted by atomic mass is 9.67. The number of benzene rings is 2. The molecule has 1 unspecified atom stereocenters. The van der Waals surface area contributed by atoms with Gasteiger partial charge in [0.05, 0.1) is 24.9 Å². The molecule has 0 N–H and O–H groups in total. The average molecular weight is 378 g/mol. The van der Waals surface area contributed by atoms with E-state index in [0.717, 1.165) is 30.6 Å². The Kier molecular flexibility index (Phi) is 4.02. The quantitative estimate of drug-likeness (QED) is 0.668. The topological polar surface area (TPSA) is 44.8 Å². The molecule has 4 atom stereocenters. The standard InChI is InChI=1S/C24H26O4/c1-24(2)19-13-17-16-7-5-4-6-14(16)8-10-20(17)27-22(19)18-12-15(23(25)26-3)9-11-21(18)28-24/h4-7,9,11-12,17,19-20,22H,8,10,13H2,1-3H3/t17?,19-,20-,22+/m0/s1. The average Bonchev–Trinajstić information content (AvgIpc) is 2.71. The summed E-state index contributed by atoms with van der Waals surface area (Å²) in [7, 11) is 1.41. The predicted molar refractivity (Wildman–Crippen MR) is 106 cm³/mol. The third-order valence-corrected chi connectivity index (χ3v) is 6.80. The number of hydrogen-bond donors (Lipinski definition) is 0. The van der Waals surface area contributed by atoms with Crippen molar-refractivity contribution in [1.82, 2.24) is 0 Å². The van der Waals surface area contributed by atoms with E-state index in [1.165, 1.54) is 18.2 Å². The van der Waals surface area contributed by atoms with Gasteiger partial charge in [-0.25, -0.2) is 4.79 Å². The molecular formula is C24H26O4. The SMILES string of the molecule is COC(=O)c1ccc2c(c1)[C@H]1O[C@H]3CCc4ccccc4C3C[C@@H]1C(C)(C)O2. The summed E-state index contributed by atoms with van der Waals surface area (Å²) >= 11 is 0. The van der Waals surface area contributed by atoms with Crippen molar-refractivity contribution in [1.29, 1.82) is 0 Å². The molecule has 0 bridgehead atoms. The number of rotatable bonds is 1. The number of fused-ring (bicyclic) bond motifs is 6. The molecule has 0 amide bonds. The third kappa shape index (κ3) is 2.66. The molecule has 3 aliphatic rings. The van der Waals surface area contributed by atoms with Crippen LogP contribution in [0.2, 0.25) is 0 Å². The van der Waals surface area contributed by atoms with Crippen LogP contribution in [0.5, 0.6) is 5.75 Å². The number of ether oxygens (including phenoxy) is 3. The molecule has 0 spiro atoms. The van der Waals surface area contributed by atoms with E-state index < -0.39 is 0 Å². The third-order valence-electron chi connectivity index (χ3n) is 6.80. The van der Waals surface area contributed by atoms with E-state index in [1.54, 1.807) is 6.07 Å². The highest BCUT2D eigenvalue weighted by Crippen LogP contribution is 2.55. The Morgan fingerprint density at radius 3 is 2.79 bits per heavy atom. The first-order valence-electron chi connectivity index (χ1n) is 10.1. The molecule has 0 aromatic heterocycles. The second-order valence-corrected chi connectivity index (χ2v) is 8.73. The van der Waals surface area contributed by atoms with Crippen molar-refractivity contribution in [2.75, 3.05) is 7.11 Å². The molecule has 1 aliphatic carbocycles. The van der Waals surface area contributed by atoms with E-state index in [9.17, 15) is 4.79 Å². The molecule has 4 heteroatoms. The van der Waals surface area contributed by atoms with Crippen molar-refractivity contribution in [3.63, 3.8) is 0 Å². The Morgan fingerprint density at radius 1 is 1.14 bits per heavy atom. The van der Waals surface area contributed by atoms with Gasteiger partial charge in [-0.05, 0) is 62.4 Å². The van der Waals surface area contributed by atoms with Crippen LogP contribution in [0, 0.1) is 5.92 Å². The lowest BCUT2D eigenvalue weighted by Gasteiger charge is -2.52. The fourth-order valence-electron chi connectivity index (χ4n) is 5.35. The van der Waals surface area contributed by atoms with Crippen molar-refractivity contribution in [2.45, 2.75) is 56.8 Å². The summed E-state index contributed by atoms with van der Waals surface area (Å²) < 4.78 is 18.1. The van der Waals surface area contributed by atoms with E-state index >= 15 is 0 Å². The zero-order valence-electron chi connectivity index (χ0n) is 16.6. The lowest BCUT2D eigenvalue weighted by Crippen LogP contribution is -2.51. The molecule has 2 aromatic rings. The first-order valence-corrected chi connectivity index (χ1v) is 10.1. The highest BCUT2D eigenvalue weighted by molar-refractivity contribution is 5.89. The molecule has 4 nitrogen and oxygen atoms in total. The summed E-state index contributed by atoms with van der Waals surface area (Å²) in [4.78, 5) is 12.0. The van der Waals surface area contributed by atoms with Gasteiger partial charge in [0.25, 0.3) is 0 Å². The van der Waals surface area contributed by atoms with Gasteiger partial charge < -0.3 is 14.2 Å². The molecule has 146 valence electrons. The van der Waals surface area contributed by atoms with Gasteiger partial charge in [-0.1, -0.05) is 24.3 Å². The summed E-state index contributed by atoms with van der Waals surface area (Å²) in [5.41, 5.74) is 4.07. The summed E-state index contributed by atoms with van der Waals surface area (Å²) in [5, 5.41) is 0. The van der Waals surface area contributed by atoms with Crippen LogP contribution in [0.4, 0.5) is 0 Å². The van der Waals surface area contributed by atoms with Crippen LogP contribution < -0.4 is 4.74 Å². The van der Waals surface area contributed by atoms with Gasteiger partial charge in [0.1, 0.15) is 11.4 Å². The minimum atomic E-state index is -0.332. The molecule has 0 saturated carbocycles. The van der Waals surface area contributed by atoms with Gasteiger partial charge in [0.2, 0.25) is 0 Å². The predicted octanol–water partition coefficient (Wildman–Crippen LogP) is 4.82. The van der Waals surface area contributed by atoms with Crippen LogP contribution in [0.3, 0.4) is 0 Å². The highest BCUT2D eigenvalue weighted by Gasteiger charge is 2.51. The van der Waals surface area contributed by atoms with E-state index in [2.05, 4.69) is 38.1 Å². The van der Waals surface area contributed by atoms with Crippen LogP contribution >= 0.6 is 0 Å². The van der Waals surface area contributed by atoms with Crippen LogP contribution in [0.1, 0.15) is 65.8 Å². The molecule has 28 heavy (non-hydrogen) atoms. The minimum Gasteiger partial charge on any atom is -0.487 e. The van der Waals surface area contributed by atoms with Crippen LogP contribution in [0.25, 0.3) is 0 Å². The van der Waals surface area contributed by atoms with E-state index in [4.69, 9.17) is 14.2 Å². The Bertz CT molecular complexity index is 932. The monoisotopic (exact) mass is 378 g/mol. The van der Waals surface area contributed by atoms with Crippen molar-refractivity contribution in [3.05, 3.63) is 64.7 Å². The van der Waals surface area contributed by atoms with Gasteiger partial charge in [-0.2, -0.15) is 0 Å². The van der Waals surface area contributed by atoms with Crippen molar-refractivity contribution in [2.24, 2.45) is 5.92 Å². The number of carbonyl (C=O) groups excluding carboxylic acids is 1. The first-order chi connectivity index (χ1) is 13.5. The maximum absolute atomic E-state index is 12.0. The molecule has 1 saturated heterocycles. The molecular weight excluding hydrogens is 352 g/mol. The van der Waals surface area contributed by atoms with Gasteiger partial charge in [0.15, 0.2) is 0 Å². The number of hydrogen-bond acceptors (Lipinski definition) is 4. The zero-order valence-corrected chi connectivity index (χ0v) is 16.6. The molecule has 1 fully saturated rings. The van der Waals surface area contributed by atoms with Crippen LogP contribution in [0.15, 0.2) is 42.5 Å². The molecule has 5 rings (SSSR count). The smallest absolute Gasteiger partial charge is 0.337 e. The normalized spacial score (nSPS) is 29.4.